The predicted molar refractivity (Wildman–Crippen MR) is 119 cm³/mol. The van der Waals surface area contributed by atoms with Crippen molar-refractivity contribution in [1.82, 2.24) is 14.8 Å². The van der Waals surface area contributed by atoms with Gasteiger partial charge in [0, 0.05) is 24.3 Å². The third kappa shape index (κ3) is 4.84. The van der Waals surface area contributed by atoms with Gasteiger partial charge in [0.15, 0.2) is 12.3 Å². The fourth-order valence-corrected chi connectivity index (χ4v) is 3.05. The van der Waals surface area contributed by atoms with Gasteiger partial charge in [-0.2, -0.15) is 15.3 Å². The Morgan fingerprint density at radius 1 is 1.03 bits per heavy atom. The minimum atomic E-state index is -0.630. The molecule has 0 saturated carbocycles. The third-order valence-electron chi connectivity index (χ3n) is 4.62. The fraction of sp³-hybridized carbons (Fsp3) is 0.130. The van der Waals surface area contributed by atoms with E-state index in [9.17, 15) is 9.59 Å². The fourth-order valence-electron chi connectivity index (χ4n) is 3.05. The molecule has 0 fully saturated rings. The quantitative estimate of drug-likeness (QED) is 0.359. The molecule has 0 bridgehead atoms. The molecule has 0 atom stereocenters. The van der Waals surface area contributed by atoms with Gasteiger partial charge in [0.2, 0.25) is 0 Å². The zero-order chi connectivity index (χ0) is 22.5. The van der Waals surface area contributed by atoms with Crippen LogP contribution in [0.5, 0.6) is 0 Å². The van der Waals surface area contributed by atoms with Crippen molar-refractivity contribution < 1.29 is 14.3 Å². The van der Waals surface area contributed by atoms with Crippen LogP contribution in [0.3, 0.4) is 0 Å². The van der Waals surface area contributed by atoms with Gasteiger partial charge in [0.1, 0.15) is 0 Å². The Morgan fingerprint density at radius 2 is 1.72 bits per heavy atom. The molecular formula is C23H20N6O3. The highest BCUT2D eigenvalue weighted by molar-refractivity contribution is 5.97. The molecule has 0 radical (unpaired) electrons. The lowest BCUT2D eigenvalue weighted by atomic mass is 10.2. The molecule has 0 aliphatic heterocycles. The summed E-state index contributed by atoms with van der Waals surface area (Å²) in [5, 5.41) is 16.0. The molecule has 2 heterocycles. The topological polar surface area (TPSA) is 111 Å². The Bertz CT molecular complexity index is 1300. The van der Waals surface area contributed by atoms with Crippen molar-refractivity contribution in [2.24, 2.45) is 17.3 Å². The maximum Gasteiger partial charge on any atom is 0.340 e. The van der Waals surface area contributed by atoms with Gasteiger partial charge in [0.25, 0.3) is 5.91 Å². The van der Waals surface area contributed by atoms with Crippen molar-refractivity contribution in [3.63, 3.8) is 0 Å². The summed E-state index contributed by atoms with van der Waals surface area (Å²) in [6.45, 7) is 1.42. The molecule has 4 aromatic rings. The summed E-state index contributed by atoms with van der Waals surface area (Å²) in [5.41, 5.74) is 3.64. The molecule has 32 heavy (non-hydrogen) atoms. The maximum absolute atomic E-state index is 12.3. The van der Waals surface area contributed by atoms with Crippen LogP contribution in [0.1, 0.15) is 16.1 Å². The van der Waals surface area contributed by atoms with E-state index in [0.717, 1.165) is 16.8 Å². The number of ether oxygens (including phenoxy) is 1. The van der Waals surface area contributed by atoms with Crippen molar-refractivity contribution in [3.8, 4) is 0 Å². The van der Waals surface area contributed by atoms with Crippen molar-refractivity contribution in [2.45, 2.75) is 6.92 Å². The van der Waals surface area contributed by atoms with E-state index in [-0.39, 0.29) is 5.56 Å². The number of rotatable bonds is 6. The summed E-state index contributed by atoms with van der Waals surface area (Å²) < 4.78 is 6.76. The van der Waals surface area contributed by atoms with E-state index in [2.05, 4.69) is 25.6 Å². The largest absolute Gasteiger partial charge is 0.452 e. The molecule has 0 unspecified atom stereocenters. The molecule has 1 N–H and O–H groups in total. The summed E-state index contributed by atoms with van der Waals surface area (Å²) >= 11 is 0. The average molecular weight is 428 g/mol. The number of nitrogens with one attached hydrogen (secondary N) is 1. The Labute approximate surface area is 183 Å². The van der Waals surface area contributed by atoms with E-state index < -0.39 is 18.5 Å². The monoisotopic (exact) mass is 428 g/mol. The lowest BCUT2D eigenvalue weighted by molar-refractivity contribution is -0.119. The number of azo groups is 1. The number of benzene rings is 2. The number of carbonyl (C=O) groups excluding carboxylic acids is 2. The Balaban J connectivity index is 1.31. The predicted octanol–water partition coefficient (Wildman–Crippen LogP) is 4.49. The molecule has 0 aliphatic rings. The average Bonchev–Trinajstić information content (AvgIpc) is 3.10. The van der Waals surface area contributed by atoms with Crippen LogP contribution in [0.4, 0.5) is 17.1 Å². The molecule has 0 spiro atoms. The second kappa shape index (κ2) is 9.17. The number of hydrogen-bond donors (Lipinski definition) is 1. The summed E-state index contributed by atoms with van der Waals surface area (Å²) in [4.78, 5) is 28.7. The van der Waals surface area contributed by atoms with E-state index in [1.54, 1.807) is 42.1 Å². The first-order chi connectivity index (χ1) is 15.5. The van der Waals surface area contributed by atoms with Crippen LogP contribution in [0.25, 0.3) is 11.0 Å². The molecule has 9 heteroatoms. The van der Waals surface area contributed by atoms with E-state index in [4.69, 9.17) is 4.74 Å². The summed E-state index contributed by atoms with van der Waals surface area (Å²) in [7, 11) is 1.78. The number of hydrogen-bond acceptors (Lipinski definition) is 7. The second-order valence-corrected chi connectivity index (χ2v) is 7.01. The van der Waals surface area contributed by atoms with Gasteiger partial charge in [-0.3, -0.25) is 9.48 Å². The lowest BCUT2D eigenvalue weighted by Gasteiger charge is -2.07. The Kier molecular flexibility index (Phi) is 5.98. The standard InChI is InChI=1S/C23H20N6O3/c1-15-20-12-16(13-24-22(20)29(2)28-15)23(31)32-14-21(30)25-17-8-10-19(11-9-17)27-26-18-6-4-3-5-7-18/h3-13H,14H2,1-2H3,(H,25,30). The number of amides is 1. The van der Waals surface area contributed by atoms with E-state index in [1.807, 2.05) is 37.3 Å². The van der Waals surface area contributed by atoms with Crippen LogP contribution in [0.2, 0.25) is 0 Å². The van der Waals surface area contributed by atoms with Crippen LogP contribution in [-0.4, -0.2) is 33.2 Å². The number of aromatic nitrogens is 3. The molecular weight excluding hydrogens is 408 g/mol. The van der Waals surface area contributed by atoms with Gasteiger partial charge < -0.3 is 10.1 Å². The summed E-state index contributed by atoms with van der Waals surface area (Å²) in [6.07, 6.45) is 1.41. The first-order valence-corrected chi connectivity index (χ1v) is 9.83. The van der Waals surface area contributed by atoms with Crippen molar-refractivity contribution in [3.05, 3.63) is 78.1 Å². The first kappa shape index (κ1) is 20.9. The van der Waals surface area contributed by atoms with Crippen LogP contribution in [-0.2, 0) is 16.6 Å². The van der Waals surface area contributed by atoms with Crippen LogP contribution in [0, 0.1) is 6.92 Å². The van der Waals surface area contributed by atoms with Gasteiger partial charge in [-0.1, -0.05) is 18.2 Å². The minimum absolute atomic E-state index is 0.259. The number of pyridine rings is 1. The smallest absolute Gasteiger partial charge is 0.340 e. The third-order valence-corrected chi connectivity index (χ3v) is 4.62. The van der Waals surface area contributed by atoms with Crippen LogP contribution >= 0.6 is 0 Å². The molecule has 4 rings (SSSR count). The van der Waals surface area contributed by atoms with Gasteiger partial charge in [-0.05, 0) is 49.4 Å². The maximum atomic E-state index is 12.3. The van der Waals surface area contributed by atoms with Crippen molar-refractivity contribution in [2.75, 3.05) is 11.9 Å². The SMILES string of the molecule is Cc1nn(C)c2ncc(C(=O)OCC(=O)Nc3ccc(N=Nc4ccccc4)cc3)cc12. The first-order valence-electron chi connectivity index (χ1n) is 9.83. The summed E-state index contributed by atoms with van der Waals surface area (Å²) in [6, 6.07) is 17.9. The normalized spacial score (nSPS) is 11.1. The van der Waals surface area contributed by atoms with E-state index in [1.165, 1.54) is 6.20 Å². The number of fused-ring (bicyclic) bond motifs is 1. The molecule has 2 aromatic carbocycles. The molecule has 1 amide bonds. The van der Waals surface area contributed by atoms with Gasteiger partial charge >= 0.3 is 5.97 Å². The number of aryl methyl sites for hydroxylation is 2. The van der Waals surface area contributed by atoms with Crippen molar-refractivity contribution >= 4 is 40.0 Å². The Morgan fingerprint density at radius 3 is 2.44 bits per heavy atom. The molecule has 0 saturated heterocycles. The number of anilines is 1. The van der Waals surface area contributed by atoms with Gasteiger partial charge in [-0.25, -0.2) is 9.78 Å². The second-order valence-electron chi connectivity index (χ2n) is 7.01. The molecule has 2 aromatic heterocycles. The lowest BCUT2D eigenvalue weighted by Crippen LogP contribution is -2.21. The highest BCUT2D eigenvalue weighted by atomic mass is 16.5. The highest BCUT2D eigenvalue weighted by Crippen LogP contribution is 2.20. The van der Waals surface area contributed by atoms with Gasteiger partial charge in [-0.15, -0.1) is 0 Å². The van der Waals surface area contributed by atoms with Crippen LogP contribution < -0.4 is 5.32 Å². The zero-order valence-electron chi connectivity index (χ0n) is 17.5. The Hall–Kier alpha value is -4.40. The van der Waals surface area contributed by atoms with Gasteiger partial charge in [0.05, 0.1) is 22.6 Å². The molecule has 160 valence electrons. The highest BCUT2D eigenvalue weighted by Gasteiger charge is 2.14. The molecule has 0 aliphatic carbocycles. The van der Waals surface area contributed by atoms with E-state index >= 15 is 0 Å². The molecule has 9 nitrogen and oxygen atoms in total. The van der Waals surface area contributed by atoms with E-state index in [0.29, 0.717) is 17.0 Å². The minimum Gasteiger partial charge on any atom is -0.452 e. The summed E-state index contributed by atoms with van der Waals surface area (Å²) in [5.74, 6) is -1.09. The number of carbonyl (C=O) groups is 2. The number of esters is 1. The van der Waals surface area contributed by atoms with Crippen molar-refractivity contribution in [1.29, 1.82) is 0 Å². The number of nitrogens with zero attached hydrogens (tertiary/aromatic N) is 5. The zero-order valence-corrected chi connectivity index (χ0v) is 17.5. The van der Waals surface area contributed by atoms with Crippen LogP contribution in [0.15, 0.2) is 77.1 Å².